The summed E-state index contributed by atoms with van der Waals surface area (Å²) in [6.45, 7) is 3.57. The first-order valence-corrected chi connectivity index (χ1v) is 6.64. The lowest BCUT2D eigenvalue weighted by atomic mass is 9.99. The summed E-state index contributed by atoms with van der Waals surface area (Å²) in [5.74, 6) is -0.881. The number of nitrogens with one attached hydrogen (secondary N) is 2. The van der Waals surface area contributed by atoms with Gasteiger partial charge in [-0.15, -0.1) is 0 Å². The zero-order chi connectivity index (χ0) is 15.5. The average molecular weight is 290 g/mol. The van der Waals surface area contributed by atoms with E-state index in [1.54, 1.807) is 32.2 Å². The maximum absolute atomic E-state index is 11.9. The first-order valence-electron chi connectivity index (χ1n) is 6.64. The standard InChI is InChI=1S/C15H18N2O4/c1-15(2,7-5-13(18)19)17-14(20)16-11-4-3-10-6-8-21-12(10)9-11/h3-4,6,8-9H,5,7H2,1-2H3,(H,18,19)(H2,16,17,20). The zero-order valence-corrected chi connectivity index (χ0v) is 12.0. The molecule has 1 aromatic carbocycles. The number of carboxylic acids is 1. The molecular formula is C15H18N2O4. The van der Waals surface area contributed by atoms with Gasteiger partial charge in [0.05, 0.1) is 6.26 Å². The third-order valence-corrected chi connectivity index (χ3v) is 3.13. The van der Waals surface area contributed by atoms with E-state index in [4.69, 9.17) is 9.52 Å². The Labute approximate surface area is 122 Å². The van der Waals surface area contributed by atoms with E-state index < -0.39 is 11.5 Å². The highest BCUT2D eigenvalue weighted by Gasteiger charge is 2.21. The van der Waals surface area contributed by atoms with Crippen molar-refractivity contribution in [2.75, 3.05) is 5.32 Å². The van der Waals surface area contributed by atoms with Crippen LogP contribution in [0.15, 0.2) is 34.9 Å². The Morgan fingerprint density at radius 2 is 2.05 bits per heavy atom. The number of hydrogen-bond acceptors (Lipinski definition) is 3. The number of amides is 2. The number of fused-ring (bicyclic) bond motifs is 1. The second-order valence-corrected chi connectivity index (χ2v) is 5.53. The van der Waals surface area contributed by atoms with E-state index >= 15 is 0 Å². The van der Waals surface area contributed by atoms with Gasteiger partial charge in [0.25, 0.3) is 0 Å². The van der Waals surface area contributed by atoms with E-state index in [9.17, 15) is 9.59 Å². The van der Waals surface area contributed by atoms with Crippen molar-refractivity contribution in [3.63, 3.8) is 0 Å². The van der Waals surface area contributed by atoms with Gasteiger partial charge in [0.15, 0.2) is 0 Å². The molecule has 21 heavy (non-hydrogen) atoms. The molecule has 0 fully saturated rings. The Kier molecular flexibility index (Phi) is 4.16. The fourth-order valence-corrected chi connectivity index (χ4v) is 1.98. The van der Waals surface area contributed by atoms with Crippen LogP contribution in [0.25, 0.3) is 11.0 Å². The SMILES string of the molecule is CC(C)(CCC(=O)O)NC(=O)Nc1ccc2ccoc2c1. The molecular weight excluding hydrogens is 272 g/mol. The number of rotatable bonds is 5. The van der Waals surface area contributed by atoms with E-state index in [0.717, 1.165) is 5.39 Å². The van der Waals surface area contributed by atoms with Crippen LogP contribution in [0.5, 0.6) is 0 Å². The third kappa shape index (κ3) is 4.24. The van der Waals surface area contributed by atoms with E-state index in [1.165, 1.54) is 0 Å². The predicted octanol–water partition coefficient (Wildman–Crippen LogP) is 3.20. The molecule has 0 atom stereocenters. The summed E-state index contributed by atoms with van der Waals surface area (Å²) in [6, 6.07) is 6.83. The maximum atomic E-state index is 11.9. The quantitative estimate of drug-likeness (QED) is 0.788. The van der Waals surface area contributed by atoms with Gasteiger partial charge in [0, 0.05) is 29.1 Å². The summed E-state index contributed by atoms with van der Waals surface area (Å²) < 4.78 is 5.27. The molecule has 2 rings (SSSR count). The van der Waals surface area contributed by atoms with Crippen LogP contribution in [0.1, 0.15) is 26.7 Å². The van der Waals surface area contributed by atoms with Crippen molar-refractivity contribution >= 4 is 28.7 Å². The molecule has 0 saturated carbocycles. The molecule has 0 aliphatic rings. The van der Waals surface area contributed by atoms with E-state index in [2.05, 4.69) is 10.6 Å². The van der Waals surface area contributed by atoms with Gasteiger partial charge in [-0.3, -0.25) is 4.79 Å². The Bertz CT molecular complexity index is 660. The summed E-state index contributed by atoms with van der Waals surface area (Å²) in [4.78, 5) is 22.5. The molecule has 0 spiro atoms. The molecule has 0 unspecified atom stereocenters. The van der Waals surface area contributed by atoms with Crippen LogP contribution >= 0.6 is 0 Å². The van der Waals surface area contributed by atoms with E-state index in [0.29, 0.717) is 17.7 Å². The number of furan rings is 1. The molecule has 0 bridgehead atoms. The number of carbonyl (C=O) groups excluding carboxylic acids is 1. The van der Waals surface area contributed by atoms with Crippen LogP contribution in [-0.2, 0) is 4.79 Å². The Hall–Kier alpha value is -2.50. The highest BCUT2D eigenvalue weighted by molar-refractivity contribution is 5.92. The number of carboxylic acid groups (broad SMARTS) is 1. The van der Waals surface area contributed by atoms with Gasteiger partial charge in [-0.2, -0.15) is 0 Å². The van der Waals surface area contributed by atoms with Gasteiger partial charge in [-0.25, -0.2) is 4.79 Å². The van der Waals surface area contributed by atoms with Crippen LogP contribution in [0, 0.1) is 0 Å². The second kappa shape index (κ2) is 5.87. The van der Waals surface area contributed by atoms with Crippen LogP contribution in [0.4, 0.5) is 10.5 Å². The number of carbonyl (C=O) groups is 2. The first kappa shape index (κ1) is 14.9. The summed E-state index contributed by atoms with van der Waals surface area (Å²) >= 11 is 0. The van der Waals surface area contributed by atoms with Crippen molar-refractivity contribution in [2.45, 2.75) is 32.2 Å². The number of anilines is 1. The number of aliphatic carboxylic acids is 1. The molecule has 6 heteroatoms. The normalized spacial score (nSPS) is 11.3. The minimum Gasteiger partial charge on any atom is -0.481 e. The fraction of sp³-hybridized carbons (Fsp3) is 0.333. The minimum absolute atomic E-state index is 0.00559. The summed E-state index contributed by atoms with van der Waals surface area (Å²) in [5, 5.41) is 15.1. The molecule has 2 amide bonds. The monoisotopic (exact) mass is 290 g/mol. The van der Waals surface area contributed by atoms with Crippen molar-refractivity contribution in [3.8, 4) is 0 Å². The molecule has 2 aromatic rings. The molecule has 0 aliphatic heterocycles. The first-order chi connectivity index (χ1) is 9.85. The van der Waals surface area contributed by atoms with Crippen molar-refractivity contribution in [3.05, 3.63) is 30.5 Å². The zero-order valence-electron chi connectivity index (χ0n) is 12.0. The van der Waals surface area contributed by atoms with E-state index in [1.807, 2.05) is 12.1 Å². The van der Waals surface area contributed by atoms with Crippen molar-refractivity contribution < 1.29 is 19.1 Å². The Morgan fingerprint density at radius 3 is 2.76 bits per heavy atom. The maximum Gasteiger partial charge on any atom is 0.319 e. The van der Waals surface area contributed by atoms with Crippen LogP contribution in [-0.4, -0.2) is 22.6 Å². The predicted molar refractivity (Wildman–Crippen MR) is 79.3 cm³/mol. The van der Waals surface area contributed by atoms with Gasteiger partial charge in [-0.1, -0.05) is 0 Å². The van der Waals surface area contributed by atoms with Gasteiger partial charge < -0.3 is 20.2 Å². The highest BCUT2D eigenvalue weighted by Crippen LogP contribution is 2.20. The molecule has 0 aliphatic carbocycles. The number of hydrogen-bond donors (Lipinski definition) is 3. The lowest BCUT2D eigenvalue weighted by Crippen LogP contribution is -2.45. The minimum atomic E-state index is -0.881. The molecule has 1 aromatic heterocycles. The average Bonchev–Trinajstić information content (AvgIpc) is 2.83. The summed E-state index contributed by atoms with van der Waals surface area (Å²) in [5.41, 5.74) is 0.707. The molecule has 0 saturated heterocycles. The van der Waals surface area contributed by atoms with Gasteiger partial charge >= 0.3 is 12.0 Å². The van der Waals surface area contributed by atoms with Gasteiger partial charge in [0.2, 0.25) is 0 Å². The molecule has 6 nitrogen and oxygen atoms in total. The topological polar surface area (TPSA) is 91.6 Å². The lowest BCUT2D eigenvalue weighted by molar-refractivity contribution is -0.137. The summed E-state index contributed by atoms with van der Waals surface area (Å²) in [7, 11) is 0. The Balaban J connectivity index is 1.95. The van der Waals surface area contributed by atoms with Gasteiger partial charge in [-0.05, 0) is 38.5 Å². The summed E-state index contributed by atoms with van der Waals surface area (Å²) in [6.07, 6.45) is 1.95. The highest BCUT2D eigenvalue weighted by atomic mass is 16.4. The largest absolute Gasteiger partial charge is 0.481 e. The fourth-order valence-electron chi connectivity index (χ4n) is 1.98. The third-order valence-electron chi connectivity index (χ3n) is 3.13. The molecule has 1 heterocycles. The molecule has 3 N–H and O–H groups in total. The van der Waals surface area contributed by atoms with Crippen LogP contribution < -0.4 is 10.6 Å². The van der Waals surface area contributed by atoms with Crippen molar-refractivity contribution in [1.29, 1.82) is 0 Å². The lowest BCUT2D eigenvalue weighted by Gasteiger charge is -2.25. The van der Waals surface area contributed by atoms with Crippen LogP contribution in [0.2, 0.25) is 0 Å². The molecule has 0 radical (unpaired) electrons. The van der Waals surface area contributed by atoms with Crippen molar-refractivity contribution in [2.24, 2.45) is 0 Å². The van der Waals surface area contributed by atoms with Gasteiger partial charge in [0.1, 0.15) is 5.58 Å². The van der Waals surface area contributed by atoms with E-state index in [-0.39, 0.29) is 12.5 Å². The molecule has 112 valence electrons. The van der Waals surface area contributed by atoms with Crippen molar-refractivity contribution in [1.82, 2.24) is 5.32 Å². The van der Waals surface area contributed by atoms with Crippen LogP contribution in [0.3, 0.4) is 0 Å². The Morgan fingerprint density at radius 1 is 1.29 bits per heavy atom. The number of urea groups is 1. The second-order valence-electron chi connectivity index (χ2n) is 5.53. The number of benzene rings is 1. The smallest absolute Gasteiger partial charge is 0.319 e.